The van der Waals surface area contributed by atoms with Gasteiger partial charge >= 0.3 is 0 Å². The summed E-state index contributed by atoms with van der Waals surface area (Å²) in [5.41, 5.74) is 2.58. The number of ether oxygens (including phenoxy) is 4. The second kappa shape index (κ2) is 22.1. The van der Waals surface area contributed by atoms with Gasteiger partial charge in [-0.3, -0.25) is 0 Å². The van der Waals surface area contributed by atoms with Gasteiger partial charge in [0.1, 0.15) is 5.60 Å². The molecule has 0 saturated carbocycles. The van der Waals surface area contributed by atoms with Gasteiger partial charge in [-0.1, -0.05) is 162 Å². The Labute approximate surface area is 255 Å². The summed E-state index contributed by atoms with van der Waals surface area (Å²) >= 11 is 0. The Hall–Kier alpha value is -2.50. The standard InChI is InChI=1S/C38H54O4/c1-2-3-4-5-6-7-8-9-10-11-21-28-39-29-30-40-31-32-41-33-34-42-38(35-22-15-12-16-23-35,36-24-17-13-18-25-36)37-26-19-14-20-27-37/h12-20,22-27H,2-11,21,28-34H2,1H3. The van der Waals surface area contributed by atoms with E-state index in [1.807, 2.05) is 18.2 Å². The van der Waals surface area contributed by atoms with Crippen LogP contribution in [0.4, 0.5) is 0 Å². The number of hydrogen-bond donors (Lipinski definition) is 0. The molecule has 0 aliphatic heterocycles. The molecule has 4 nitrogen and oxygen atoms in total. The van der Waals surface area contributed by atoms with Crippen molar-refractivity contribution in [1.29, 1.82) is 0 Å². The number of rotatable bonds is 25. The third-order valence-corrected chi connectivity index (χ3v) is 7.72. The van der Waals surface area contributed by atoms with Gasteiger partial charge in [0.2, 0.25) is 0 Å². The molecule has 0 bridgehead atoms. The highest BCUT2D eigenvalue weighted by molar-refractivity contribution is 5.47. The maximum absolute atomic E-state index is 6.74. The number of hydrogen-bond acceptors (Lipinski definition) is 4. The van der Waals surface area contributed by atoms with Crippen LogP contribution in [0.1, 0.15) is 94.2 Å². The highest BCUT2D eigenvalue weighted by Crippen LogP contribution is 2.40. The zero-order valence-electron chi connectivity index (χ0n) is 26.0. The van der Waals surface area contributed by atoms with Crippen LogP contribution in [0.3, 0.4) is 0 Å². The number of benzene rings is 3. The Morgan fingerprint density at radius 2 is 0.714 bits per heavy atom. The SMILES string of the molecule is CCCCCCCCCCCCCOCCOCCOCCOC(c1ccccc1)(c1ccccc1)c1ccccc1. The van der Waals surface area contributed by atoms with Crippen molar-refractivity contribution in [2.75, 3.05) is 46.2 Å². The molecule has 0 radical (unpaired) electrons. The Bertz CT molecular complexity index is 912. The molecule has 0 fully saturated rings. The predicted molar refractivity (Wildman–Crippen MR) is 174 cm³/mol. The molecule has 0 unspecified atom stereocenters. The van der Waals surface area contributed by atoms with Crippen LogP contribution in [0.2, 0.25) is 0 Å². The molecule has 0 aliphatic carbocycles. The summed E-state index contributed by atoms with van der Waals surface area (Å²) in [6, 6.07) is 31.3. The highest BCUT2D eigenvalue weighted by Gasteiger charge is 2.37. The van der Waals surface area contributed by atoms with E-state index in [0.717, 1.165) is 29.7 Å². The molecule has 0 aromatic heterocycles. The zero-order chi connectivity index (χ0) is 29.4. The zero-order valence-corrected chi connectivity index (χ0v) is 26.0. The summed E-state index contributed by atoms with van der Waals surface area (Å²) in [4.78, 5) is 0. The summed E-state index contributed by atoms with van der Waals surface area (Å²) in [5.74, 6) is 0. The van der Waals surface area contributed by atoms with E-state index in [9.17, 15) is 0 Å². The monoisotopic (exact) mass is 574 g/mol. The topological polar surface area (TPSA) is 36.9 Å². The van der Waals surface area contributed by atoms with E-state index in [1.54, 1.807) is 0 Å². The summed E-state index contributed by atoms with van der Waals surface area (Å²) in [7, 11) is 0. The van der Waals surface area contributed by atoms with Gasteiger partial charge in [0.05, 0.1) is 39.6 Å². The van der Waals surface area contributed by atoms with E-state index in [1.165, 1.54) is 64.2 Å². The van der Waals surface area contributed by atoms with Crippen LogP contribution in [0.25, 0.3) is 0 Å². The molecule has 0 N–H and O–H groups in total. The lowest BCUT2D eigenvalue weighted by molar-refractivity contribution is -0.0369. The van der Waals surface area contributed by atoms with Crippen LogP contribution >= 0.6 is 0 Å². The fourth-order valence-corrected chi connectivity index (χ4v) is 5.43. The lowest BCUT2D eigenvalue weighted by atomic mass is 9.80. The van der Waals surface area contributed by atoms with Crippen molar-refractivity contribution in [2.45, 2.75) is 83.2 Å². The normalized spacial score (nSPS) is 11.6. The molecule has 0 saturated heterocycles. The van der Waals surface area contributed by atoms with Crippen molar-refractivity contribution in [2.24, 2.45) is 0 Å². The van der Waals surface area contributed by atoms with Gasteiger partial charge in [0, 0.05) is 6.61 Å². The minimum atomic E-state index is -0.713. The van der Waals surface area contributed by atoms with Gasteiger partial charge in [0.25, 0.3) is 0 Å². The molecule has 3 aromatic rings. The summed E-state index contributed by atoms with van der Waals surface area (Å²) < 4.78 is 24.1. The van der Waals surface area contributed by atoms with Gasteiger partial charge < -0.3 is 18.9 Å². The molecule has 4 heteroatoms. The number of unbranched alkanes of at least 4 members (excludes halogenated alkanes) is 10. The Morgan fingerprint density at radius 3 is 1.12 bits per heavy atom. The van der Waals surface area contributed by atoms with Gasteiger partial charge in [-0.2, -0.15) is 0 Å². The average molecular weight is 575 g/mol. The molecule has 0 heterocycles. The second-order valence-electron chi connectivity index (χ2n) is 11.0. The molecular formula is C38H54O4. The maximum atomic E-state index is 6.74. The first-order chi connectivity index (χ1) is 20.9. The molecule has 3 rings (SSSR count). The molecule has 0 aliphatic rings. The van der Waals surface area contributed by atoms with Gasteiger partial charge in [-0.25, -0.2) is 0 Å². The van der Waals surface area contributed by atoms with Crippen molar-refractivity contribution >= 4 is 0 Å². The van der Waals surface area contributed by atoms with E-state index < -0.39 is 5.60 Å². The molecule has 230 valence electrons. The van der Waals surface area contributed by atoms with Crippen molar-refractivity contribution in [1.82, 2.24) is 0 Å². The Balaban J connectivity index is 1.26. The first-order valence-electron chi connectivity index (χ1n) is 16.4. The molecule has 0 amide bonds. The van der Waals surface area contributed by atoms with Crippen LogP contribution in [-0.4, -0.2) is 46.2 Å². The van der Waals surface area contributed by atoms with Crippen LogP contribution < -0.4 is 0 Å². The van der Waals surface area contributed by atoms with E-state index in [0.29, 0.717) is 39.6 Å². The Kier molecular flexibility index (Phi) is 17.9. The minimum Gasteiger partial charge on any atom is -0.379 e. The second-order valence-corrected chi connectivity index (χ2v) is 11.0. The molecular weight excluding hydrogens is 520 g/mol. The van der Waals surface area contributed by atoms with Crippen LogP contribution in [0.15, 0.2) is 91.0 Å². The highest BCUT2D eigenvalue weighted by atomic mass is 16.6. The third-order valence-electron chi connectivity index (χ3n) is 7.72. The van der Waals surface area contributed by atoms with Crippen LogP contribution in [0, 0.1) is 0 Å². The predicted octanol–water partition coefficient (Wildman–Crippen LogP) is 9.36. The maximum Gasteiger partial charge on any atom is 0.143 e. The van der Waals surface area contributed by atoms with Crippen LogP contribution in [0.5, 0.6) is 0 Å². The minimum absolute atomic E-state index is 0.459. The van der Waals surface area contributed by atoms with Gasteiger partial charge in [-0.05, 0) is 23.1 Å². The van der Waals surface area contributed by atoms with Crippen molar-refractivity contribution in [3.05, 3.63) is 108 Å². The fourth-order valence-electron chi connectivity index (χ4n) is 5.43. The summed E-state index contributed by atoms with van der Waals surface area (Å²) in [6.07, 6.45) is 14.9. The average Bonchev–Trinajstić information content (AvgIpc) is 3.05. The molecule has 42 heavy (non-hydrogen) atoms. The van der Waals surface area contributed by atoms with Crippen molar-refractivity contribution in [3.8, 4) is 0 Å². The lowest BCUT2D eigenvalue weighted by Crippen LogP contribution is -2.34. The first kappa shape index (κ1) is 34.0. The van der Waals surface area contributed by atoms with Gasteiger partial charge in [-0.15, -0.1) is 0 Å². The van der Waals surface area contributed by atoms with E-state index >= 15 is 0 Å². The fraction of sp³-hybridized carbons (Fsp3) is 0.526. The quantitative estimate of drug-likeness (QED) is 0.0746. The van der Waals surface area contributed by atoms with Crippen molar-refractivity contribution in [3.63, 3.8) is 0 Å². The Morgan fingerprint density at radius 1 is 0.381 bits per heavy atom. The van der Waals surface area contributed by atoms with E-state index in [4.69, 9.17) is 18.9 Å². The smallest absolute Gasteiger partial charge is 0.143 e. The van der Waals surface area contributed by atoms with E-state index in [2.05, 4.69) is 79.7 Å². The van der Waals surface area contributed by atoms with Crippen molar-refractivity contribution < 1.29 is 18.9 Å². The third kappa shape index (κ3) is 12.4. The molecule has 0 spiro atoms. The summed E-state index contributed by atoms with van der Waals surface area (Å²) in [6.45, 7) is 6.42. The van der Waals surface area contributed by atoms with E-state index in [-0.39, 0.29) is 0 Å². The summed E-state index contributed by atoms with van der Waals surface area (Å²) in [5, 5.41) is 0. The molecule has 0 atom stereocenters. The molecule has 3 aromatic carbocycles. The first-order valence-corrected chi connectivity index (χ1v) is 16.4. The van der Waals surface area contributed by atoms with Gasteiger partial charge in [0.15, 0.2) is 0 Å². The largest absolute Gasteiger partial charge is 0.379 e. The van der Waals surface area contributed by atoms with Crippen LogP contribution in [-0.2, 0) is 24.5 Å². The lowest BCUT2D eigenvalue weighted by Gasteiger charge is -2.36.